The summed E-state index contributed by atoms with van der Waals surface area (Å²) in [6.07, 6.45) is 4.29. The fraction of sp³-hybridized carbons (Fsp3) is 0.386. The van der Waals surface area contributed by atoms with E-state index in [0.717, 1.165) is 75.5 Å². The number of ether oxygens (including phenoxy) is 4. The second-order valence-corrected chi connectivity index (χ2v) is 46.9. The lowest BCUT2D eigenvalue weighted by atomic mass is 9.72. The Bertz CT molecular complexity index is 6560. The minimum Gasteiger partial charge on any atom is -0.457 e. The minimum atomic E-state index is -5.83. The summed E-state index contributed by atoms with van der Waals surface area (Å²) in [4.78, 5) is 69.7. The number of imide groups is 2. The van der Waals surface area contributed by atoms with Crippen LogP contribution in [0.3, 0.4) is 0 Å². The lowest BCUT2D eigenvalue weighted by Crippen LogP contribution is -2.49. The number of carbonyl (C=O) groups is 4. The first-order valence-corrected chi connectivity index (χ1v) is 47.5. The molecule has 0 fully saturated rings. The zero-order chi connectivity index (χ0) is 95.9. The van der Waals surface area contributed by atoms with Crippen LogP contribution in [0.2, 0.25) is 0 Å². The number of rotatable bonds is 24. The Balaban J connectivity index is 0.983. The fourth-order valence-corrected chi connectivity index (χ4v) is 24.9. The van der Waals surface area contributed by atoms with Crippen molar-refractivity contribution in [3.63, 3.8) is 0 Å². The normalized spacial score (nSPS) is 15.7. The Morgan fingerprint density at radius 1 is 0.333 bits per heavy atom. The summed E-state index contributed by atoms with van der Waals surface area (Å²) in [7, 11) is 0. The summed E-state index contributed by atoms with van der Waals surface area (Å²) in [5, 5.41) is 2.49. The highest BCUT2D eigenvalue weighted by atomic mass is 32.1. The van der Waals surface area contributed by atoms with Crippen LogP contribution in [0.15, 0.2) is 176 Å². The zero-order valence-corrected chi connectivity index (χ0v) is 82.4. The molecule has 4 heterocycles. The number of hydrogen-bond donors (Lipinski definition) is 0. The monoisotopic (exact) mass is 1820 g/mol. The Morgan fingerprint density at radius 2 is 0.598 bits per heavy atom. The van der Waals surface area contributed by atoms with Crippen LogP contribution in [0, 0.1) is 49.4 Å². The highest BCUT2D eigenvalue weighted by Gasteiger charge is 2.81. The van der Waals surface area contributed by atoms with Crippen molar-refractivity contribution in [2.75, 3.05) is 4.90 Å². The molecule has 0 saturated carbocycles. The van der Waals surface area contributed by atoms with Crippen LogP contribution >= 0.6 is 22.7 Å². The van der Waals surface area contributed by atoms with Crippen LogP contribution in [0.5, 0.6) is 46.0 Å². The molecular formula is C114H120F6N2O8S2. The number of allylic oxidation sites excluding steroid dienone is 2. The van der Waals surface area contributed by atoms with Gasteiger partial charge in [-0.15, -0.1) is 22.7 Å². The molecule has 132 heavy (non-hydrogen) atoms. The molecule has 2 aliphatic heterocycles. The molecule has 13 aromatic rings. The third-order valence-corrected chi connectivity index (χ3v) is 29.3. The third kappa shape index (κ3) is 16.5. The highest BCUT2D eigenvalue weighted by molar-refractivity contribution is 7.16. The van der Waals surface area contributed by atoms with Crippen molar-refractivity contribution in [3.05, 3.63) is 252 Å². The van der Waals surface area contributed by atoms with Crippen LogP contribution in [-0.4, -0.2) is 52.3 Å². The van der Waals surface area contributed by atoms with Gasteiger partial charge in [-0.3, -0.25) is 24.1 Å². The van der Waals surface area contributed by atoms with E-state index in [2.05, 4.69) is 163 Å². The Labute approximate surface area is 780 Å². The van der Waals surface area contributed by atoms with Gasteiger partial charge in [0.1, 0.15) is 46.0 Å². The van der Waals surface area contributed by atoms with Gasteiger partial charge >= 0.3 is 17.8 Å². The zero-order valence-electron chi connectivity index (χ0n) is 80.8. The van der Waals surface area contributed by atoms with Gasteiger partial charge < -0.3 is 18.9 Å². The van der Waals surface area contributed by atoms with Gasteiger partial charge in [0.05, 0.1) is 27.9 Å². The first-order chi connectivity index (χ1) is 61.4. The lowest BCUT2D eigenvalue weighted by Gasteiger charge is -2.35. The van der Waals surface area contributed by atoms with E-state index in [1.807, 2.05) is 86.6 Å². The van der Waals surface area contributed by atoms with Crippen molar-refractivity contribution < 1.29 is 64.5 Å². The van der Waals surface area contributed by atoms with E-state index < -0.39 is 64.1 Å². The third-order valence-electron chi connectivity index (χ3n) is 26.8. The van der Waals surface area contributed by atoms with Crippen LogP contribution in [0.1, 0.15) is 287 Å². The SMILES string of the molecule is CCC(CC)N1C(=O)c2cc(Oc3ccc(C(C)(C)CC(C)(C)C)cc3)c3c4c(Oc5ccc(C(C)(C)CC(C)(C)C)cc5)cc5c6c(cc(Oc7ccc(C(C)(C)CC(C)(C)C)cc7)c(c7c(Oc8ccc(C(C)(C)CC(C)(C)C)cc8)cc(c2c37)C1=O)c64)C(=O)N(c1ccc(-c2sc(C)c(C3=C(c4c(C)sc(-c6ccccc6)c4C)C(F)(F)C(F)(F)C3(F)F)c2C)cc1)C5=O. The van der Waals surface area contributed by atoms with E-state index in [1.165, 1.54) is 44.7 Å². The molecule has 0 radical (unpaired) electrons. The van der Waals surface area contributed by atoms with Crippen LogP contribution in [0.25, 0.3) is 75.1 Å². The summed E-state index contributed by atoms with van der Waals surface area (Å²) in [5.74, 6) is -17.1. The fourth-order valence-electron chi connectivity index (χ4n) is 22.5. The molecule has 0 spiro atoms. The predicted octanol–water partition coefficient (Wildman–Crippen LogP) is 33.9. The first kappa shape index (κ1) is 94.1. The maximum Gasteiger partial charge on any atom is 0.380 e. The van der Waals surface area contributed by atoms with Gasteiger partial charge in [0.25, 0.3) is 23.6 Å². The average molecular weight is 1820 g/mol. The second-order valence-electron chi connectivity index (χ2n) is 44.4. The molecule has 0 saturated heterocycles. The summed E-state index contributed by atoms with van der Waals surface area (Å²) < 4.78 is 131. The molecule has 0 atom stereocenters. The molecule has 16 rings (SSSR count). The van der Waals surface area contributed by atoms with E-state index in [0.29, 0.717) is 94.4 Å². The van der Waals surface area contributed by atoms with E-state index in [4.69, 9.17) is 18.9 Å². The lowest BCUT2D eigenvalue weighted by molar-refractivity contribution is -0.254. The van der Waals surface area contributed by atoms with Crippen molar-refractivity contribution in [2.24, 2.45) is 21.7 Å². The number of fused-ring (bicyclic) bond motifs is 2. The number of hydrogen-bond acceptors (Lipinski definition) is 10. The van der Waals surface area contributed by atoms with Crippen LogP contribution in [0.4, 0.5) is 32.0 Å². The van der Waals surface area contributed by atoms with Crippen molar-refractivity contribution in [1.29, 1.82) is 0 Å². The predicted molar refractivity (Wildman–Crippen MR) is 528 cm³/mol. The molecule has 10 nitrogen and oxygen atoms in total. The van der Waals surface area contributed by atoms with Gasteiger partial charge in [-0.2, -0.15) is 26.3 Å². The highest BCUT2D eigenvalue weighted by Crippen LogP contribution is 2.68. The van der Waals surface area contributed by atoms with Gasteiger partial charge in [-0.1, -0.05) is 243 Å². The molecule has 1 aliphatic carbocycles. The summed E-state index contributed by atoms with van der Waals surface area (Å²) in [5.41, 5.74) is 0.780. The summed E-state index contributed by atoms with van der Waals surface area (Å²) >= 11 is 2.03. The average Bonchev–Trinajstić information content (AvgIpc) is 1.69. The smallest absolute Gasteiger partial charge is 0.380 e. The topological polar surface area (TPSA) is 112 Å². The summed E-state index contributed by atoms with van der Waals surface area (Å²) in [6.45, 7) is 54.1. The maximum absolute atomic E-state index is 17.1. The quantitative estimate of drug-likeness (QED) is 0.0255. The van der Waals surface area contributed by atoms with Crippen LogP contribution in [-0.2, 0) is 21.7 Å². The number of anilines is 1. The number of thiophene rings is 2. The van der Waals surface area contributed by atoms with E-state index in [9.17, 15) is 0 Å². The standard InChI is InChI=1S/C114H120F6N2O8S2/c1-27-72(28-2)121-100(123)78-54-82(127-74-46-36-68(37-47-74)108(19,20)58-104(7,8)9)90-92-84(129-76-50-40-70(41-51-76)110(23,24)60-106(13,14)15)56-80-89-81(103(126)122(102(80)125)73-44-34-67(35-45-73)99-63(4)87(65(6)132-99)97-96(112(115,116)114(119,120)113(97,117)118)86-62(3)98(131-64(86)5)66-32-30-29-31-33-66)57-85(130-77-52-42-71(43-53-77)111(25,26)61-107(16,17)18)93(95(89)92)91-83(55-79(101(121)124)88(78)94(90)91)128-75-48-38-69(39-49-75)109(21,22)59-105(10,11)12/h29-57,72H,27-28,58-61H2,1-26H3. The molecular weight excluding hydrogens is 1700 g/mol. The molecule has 0 unspecified atom stereocenters. The van der Waals surface area contributed by atoms with Crippen molar-refractivity contribution >= 4 is 106 Å². The molecule has 0 N–H and O–H groups in total. The molecule has 3 aliphatic rings. The number of benzene rings is 11. The maximum atomic E-state index is 17.1. The van der Waals surface area contributed by atoms with Gasteiger partial charge in [0.15, 0.2) is 0 Å². The molecule has 4 amide bonds. The van der Waals surface area contributed by atoms with Crippen molar-refractivity contribution in [1.82, 2.24) is 4.90 Å². The van der Waals surface area contributed by atoms with Gasteiger partial charge in [-0.05, 0) is 239 Å². The number of aryl methyl sites for hydroxylation is 2. The molecule has 2 aromatic heterocycles. The number of carbonyl (C=O) groups excluding carboxylic acids is 4. The van der Waals surface area contributed by atoms with Crippen molar-refractivity contribution in [3.8, 4) is 66.9 Å². The van der Waals surface area contributed by atoms with Gasteiger partial charge in [0.2, 0.25) is 0 Å². The van der Waals surface area contributed by atoms with Crippen molar-refractivity contribution in [2.45, 2.75) is 264 Å². The number of nitrogens with zero attached hydrogens (tertiary/aromatic N) is 2. The first-order valence-electron chi connectivity index (χ1n) is 45.9. The number of alkyl halides is 6. The molecule has 688 valence electrons. The van der Waals surface area contributed by atoms with Gasteiger partial charge in [0, 0.05) is 90.9 Å². The van der Waals surface area contributed by atoms with E-state index in [-0.39, 0.29) is 126 Å². The largest absolute Gasteiger partial charge is 0.457 e. The molecule has 18 heteroatoms. The number of amides is 4. The number of halogens is 6. The Hall–Kier alpha value is -11.1. The molecule has 0 bridgehead atoms. The van der Waals surface area contributed by atoms with E-state index >= 15 is 45.5 Å². The molecule has 11 aromatic carbocycles. The Kier molecular flexibility index (Phi) is 23.3. The summed E-state index contributed by atoms with van der Waals surface area (Å²) in [6, 6.07) is 52.7. The minimum absolute atomic E-state index is 0.00666. The Morgan fingerprint density at radius 3 is 0.864 bits per heavy atom. The van der Waals surface area contributed by atoms with Gasteiger partial charge in [-0.25, -0.2) is 4.90 Å². The van der Waals surface area contributed by atoms with Crippen LogP contribution < -0.4 is 23.8 Å². The van der Waals surface area contributed by atoms with E-state index in [1.54, 1.807) is 66.7 Å². The second kappa shape index (κ2) is 32.6.